The summed E-state index contributed by atoms with van der Waals surface area (Å²) >= 11 is 0. The van der Waals surface area contributed by atoms with Crippen LogP contribution in [0.2, 0.25) is 0 Å². The van der Waals surface area contributed by atoms with E-state index in [9.17, 15) is 19.2 Å². The predicted molar refractivity (Wildman–Crippen MR) is 96.9 cm³/mol. The van der Waals surface area contributed by atoms with Crippen molar-refractivity contribution in [3.05, 3.63) is 59.2 Å². The Morgan fingerprint density at radius 1 is 1.36 bits per heavy atom. The second-order valence-electron chi connectivity index (χ2n) is 6.13. The van der Waals surface area contributed by atoms with Crippen LogP contribution in [0.25, 0.3) is 16.9 Å². The lowest BCUT2D eigenvalue weighted by atomic mass is 10.0. The molecule has 0 saturated carbocycles. The molecule has 2 aromatic heterocycles. The zero-order chi connectivity index (χ0) is 19.8. The van der Waals surface area contributed by atoms with Crippen LogP contribution >= 0.6 is 0 Å². The number of carbonyl (C=O) groups excluding carboxylic acids is 2. The van der Waals surface area contributed by atoms with Gasteiger partial charge in [-0.2, -0.15) is 10.4 Å². The van der Waals surface area contributed by atoms with Crippen LogP contribution in [-0.2, 0) is 11.3 Å². The van der Waals surface area contributed by atoms with Gasteiger partial charge < -0.3 is 10.6 Å². The summed E-state index contributed by atoms with van der Waals surface area (Å²) in [5, 5.41) is 18.8. The fourth-order valence-electron chi connectivity index (χ4n) is 3.10. The summed E-state index contributed by atoms with van der Waals surface area (Å²) in [5.74, 6) is -0.890. The Kier molecular flexibility index (Phi) is 4.08. The van der Waals surface area contributed by atoms with E-state index in [1.165, 1.54) is 35.9 Å². The second kappa shape index (κ2) is 6.59. The van der Waals surface area contributed by atoms with Gasteiger partial charge in [0, 0.05) is 19.2 Å². The third-order valence-corrected chi connectivity index (χ3v) is 4.25. The number of fused-ring (bicyclic) bond motifs is 1. The first-order valence-electron chi connectivity index (χ1n) is 8.32. The maximum absolute atomic E-state index is 14.5. The van der Waals surface area contributed by atoms with Crippen LogP contribution in [0, 0.1) is 17.1 Å². The van der Waals surface area contributed by atoms with Crippen LogP contribution in [0.15, 0.2) is 36.5 Å². The van der Waals surface area contributed by atoms with E-state index in [0.717, 1.165) is 0 Å². The highest BCUT2D eigenvalue weighted by Crippen LogP contribution is 2.31. The molecular formula is C19H13FN6O2. The molecule has 0 radical (unpaired) electrons. The maximum Gasteiger partial charge on any atom is 0.255 e. The summed E-state index contributed by atoms with van der Waals surface area (Å²) in [6.07, 6.45) is 1.57. The molecule has 0 unspecified atom stereocenters. The number of pyridine rings is 1. The molecule has 2 N–H and O–H groups in total. The molecule has 8 nitrogen and oxygen atoms in total. The predicted octanol–water partition coefficient (Wildman–Crippen LogP) is 2.15. The van der Waals surface area contributed by atoms with Crippen molar-refractivity contribution >= 4 is 17.6 Å². The minimum Gasteiger partial charge on any atom is -0.346 e. The molecule has 0 atom stereocenters. The van der Waals surface area contributed by atoms with Gasteiger partial charge in [-0.05, 0) is 18.2 Å². The number of hydrogen-bond donors (Lipinski definition) is 2. The quantitative estimate of drug-likeness (QED) is 0.727. The third kappa shape index (κ3) is 2.87. The van der Waals surface area contributed by atoms with Crippen molar-refractivity contribution in [1.82, 2.24) is 20.1 Å². The van der Waals surface area contributed by atoms with Crippen molar-refractivity contribution < 1.29 is 14.0 Å². The Hall–Kier alpha value is -4.06. The van der Waals surface area contributed by atoms with Gasteiger partial charge in [0.15, 0.2) is 5.82 Å². The summed E-state index contributed by atoms with van der Waals surface area (Å²) in [6.45, 7) is 1.54. The summed E-state index contributed by atoms with van der Waals surface area (Å²) in [6, 6.07) is 9.24. The topological polar surface area (TPSA) is 113 Å². The van der Waals surface area contributed by atoms with E-state index in [1.807, 2.05) is 6.07 Å². The summed E-state index contributed by atoms with van der Waals surface area (Å²) in [7, 11) is 0. The average Bonchev–Trinajstić information content (AvgIpc) is 3.27. The number of nitrogens with one attached hydrogen (secondary N) is 2. The van der Waals surface area contributed by atoms with Crippen LogP contribution in [0.3, 0.4) is 0 Å². The van der Waals surface area contributed by atoms with Crippen molar-refractivity contribution in [3.8, 4) is 23.0 Å². The number of benzene rings is 1. The van der Waals surface area contributed by atoms with Gasteiger partial charge in [0.05, 0.1) is 46.4 Å². The van der Waals surface area contributed by atoms with Gasteiger partial charge in [0.25, 0.3) is 5.91 Å². The molecule has 138 valence electrons. The van der Waals surface area contributed by atoms with Gasteiger partial charge >= 0.3 is 0 Å². The number of carbonyl (C=O) groups is 2. The number of hydrogen-bond acceptors (Lipinski definition) is 5. The Bertz CT molecular complexity index is 1180. The van der Waals surface area contributed by atoms with Crippen LogP contribution in [0.4, 0.5) is 10.2 Å². The SMILES string of the molecule is CC(=O)Nc1ccn(-c2cc(-c3c(F)cccc3C#N)nc3c2C(=O)NC3)n1. The highest BCUT2D eigenvalue weighted by Gasteiger charge is 2.28. The molecule has 0 aliphatic carbocycles. The number of amides is 2. The Balaban J connectivity index is 1.93. The van der Waals surface area contributed by atoms with E-state index in [0.29, 0.717) is 22.8 Å². The van der Waals surface area contributed by atoms with E-state index >= 15 is 0 Å². The molecule has 9 heteroatoms. The van der Waals surface area contributed by atoms with Crippen LogP contribution < -0.4 is 10.6 Å². The zero-order valence-electron chi connectivity index (χ0n) is 14.7. The molecule has 3 aromatic rings. The summed E-state index contributed by atoms with van der Waals surface area (Å²) in [5.41, 5.74) is 1.53. The molecule has 1 aromatic carbocycles. The summed E-state index contributed by atoms with van der Waals surface area (Å²) < 4.78 is 15.9. The zero-order valence-corrected chi connectivity index (χ0v) is 14.7. The number of nitrogens with zero attached hydrogens (tertiary/aromatic N) is 4. The van der Waals surface area contributed by atoms with Crippen molar-refractivity contribution in [2.24, 2.45) is 0 Å². The van der Waals surface area contributed by atoms with Crippen LogP contribution in [0.1, 0.15) is 28.5 Å². The number of anilines is 1. The standard InChI is InChI=1S/C19H13FN6O2/c1-10(27)23-16-5-6-26(25-16)15-7-13(24-14-9-22-19(28)18(14)15)17-11(8-21)3-2-4-12(17)20/h2-7H,9H2,1H3,(H,22,28)(H,23,25,27). The lowest BCUT2D eigenvalue weighted by Crippen LogP contribution is -2.15. The Morgan fingerprint density at radius 3 is 2.93 bits per heavy atom. The molecule has 2 amide bonds. The van der Waals surface area contributed by atoms with Gasteiger partial charge in [-0.25, -0.2) is 14.1 Å². The highest BCUT2D eigenvalue weighted by molar-refractivity contribution is 6.01. The fourth-order valence-corrected chi connectivity index (χ4v) is 3.10. The smallest absolute Gasteiger partial charge is 0.255 e. The lowest BCUT2D eigenvalue weighted by Gasteiger charge is -2.11. The molecule has 4 rings (SSSR count). The van der Waals surface area contributed by atoms with Crippen molar-refractivity contribution in [1.29, 1.82) is 5.26 Å². The van der Waals surface area contributed by atoms with E-state index < -0.39 is 5.82 Å². The molecule has 0 bridgehead atoms. The van der Waals surface area contributed by atoms with Gasteiger partial charge in [-0.3, -0.25) is 9.59 Å². The molecule has 28 heavy (non-hydrogen) atoms. The first kappa shape index (κ1) is 17.4. The van der Waals surface area contributed by atoms with E-state index in [-0.39, 0.29) is 35.2 Å². The molecule has 3 heterocycles. The number of rotatable bonds is 3. The monoisotopic (exact) mass is 376 g/mol. The Morgan fingerprint density at radius 2 is 2.18 bits per heavy atom. The largest absolute Gasteiger partial charge is 0.346 e. The van der Waals surface area contributed by atoms with E-state index in [2.05, 4.69) is 20.7 Å². The lowest BCUT2D eigenvalue weighted by molar-refractivity contribution is -0.114. The third-order valence-electron chi connectivity index (χ3n) is 4.25. The van der Waals surface area contributed by atoms with Gasteiger partial charge in [0.2, 0.25) is 5.91 Å². The number of aromatic nitrogens is 3. The highest BCUT2D eigenvalue weighted by atomic mass is 19.1. The minimum absolute atomic E-state index is 0.0580. The number of halogens is 1. The van der Waals surface area contributed by atoms with Gasteiger partial charge in [-0.1, -0.05) is 6.07 Å². The van der Waals surface area contributed by atoms with Crippen molar-refractivity contribution in [3.63, 3.8) is 0 Å². The van der Waals surface area contributed by atoms with Gasteiger partial charge in [0.1, 0.15) is 5.82 Å². The fraction of sp³-hybridized carbons (Fsp3) is 0.105. The normalized spacial score (nSPS) is 12.2. The summed E-state index contributed by atoms with van der Waals surface area (Å²) in [4.78, 5) is 27.9. The molecular weight excluding hydrogens is 363 g/mol. The molecule has 0 fully saturated rings. The molecule has 1 aliphatic rings. The first-order valence-corrected chi connectivity index (χ1v) is 8.32. The van der Waals surface area contributed by atoms with E-state index in [1.54, 1.807) is 12.3 Å². The molecule has 0 spiro atoms. The average molecular weight is 376 g/mol. The maximum atomic E-state index is 14.5. The van der Waals surface area contributed by atoms with E-state index in [4.69, 9.17) is 0 Å². The molecule has 0 saturated heterocycles. The second-order valence-corrected chi connectivity index (χ2v) is 6.13. The Labute approximate surface area is 158 Å². The minimum atomic E-state index is -0.589. The first-order chi connectivity index (χ1) is 13.5. The van der Waals surface area contributed by atoms with Crippen molar-refractivity contribution in [2.45, 2.75) is 13.5 Å². The van der Waals surface area contributed by atoms with Crippen molar-refractivity contribution in [2.75, 3.05) is 5.32 Å². The van der Waals surface area contributed by atoms with Gasteiger partial charge in [-0.15, -0.1) is 0 Å². The molecule has 1 aliphatic heterocycles. The van der Waals surface area contributed by atoms with Crippen LogP contribution in [0.5, 0.6) is 0 Å². The number of nitriles is 1. The van der Waals surface area contributed by atoms with Crippen LogP contribution in [-0.4, -0.2) is 26.6 Å².